The molecule has 0 radical (unpaired) electrons. The molecular weight excluding hydrogens is 240 g/mol. The standard InChI is InChI=1S/C15H24N2O2/c1-5-12-6-7-14(19-4)13(8-12)9-17-15(18)10-16-11(2)3/h6-8,11,16H,5,9-10H2,1-4H3,(H,17,18). The Bertz CT molecular complexity index is 417. The molecule has 0 bridgehead atoms. The van der Waals surface area contributed by atoms with Gasteiger partial charge in [-0.3, -0.25) is 4.79 Å². The summed E-state index contributed by atoms with van der Waals surface area (Å²) < 4.78 is 5.31. The van der Waals surface area contributed by atoms with E-state index in [4.69, 9.17) is 4.74 Å². The maximum absolute atomic E-state index is 11.7. The van der Waals surface area contributed by atoms with Gasteiger partial charge in [0.2, 0.25) is 5.91 Å². The van der Waals surface area contributed by atoms with E-state index in [1.807, 2.05) is 26.0 Å². The van der Waals surface area contributed by atoms with E-state index in [2.05, 4.69) is 23.6 Å². The van der Waals surface area contributed by atoms with E-state index in [1.54, 1.807) is 7.11 Å². The van der Waals surface area contributed by atoms with Crippen LogP contribution in [0.25, 0.3) is 0 Å². The summed E-state index contributed by atoms with van der Waals surface area (Å²) in [6.07, 6.45) is 0.972. The Hall–Kier alpha value is -1.55. The van der Waals surface area contributed by atoms with E-state index in [-0.39, 0.29) is 5.91 Å². The second kappa shape index (κ2) is 7.79. The Balaban J connectivity index is 2.58. The van der Waals surface area contributed by atoms with E-state index in [0.717, 1.165) is 17.7 Å². The summed E-state index contributed by atoms with van der Waals surface area (Å²) in [7, 11) is 1.65. The van der Waals surface area contributed by atoms with Gasteiger partial charge in [0, 0.05) is 18.2 Å². The van der Waals surface area contributed by atoms with Gasteiger partial charge >= 0.3 is 0 Å². The fraction of sp³-hybridized carbons (Fsp3) is 0.533. The fourth-order valence-corrected chi connectivity index (χ4v) is 1.74. The number of benzene rings is 1. The van der Waals surface area contributed by atoms with Crippen molar-refractivity contribution in [1.29, 1.82) is 0 Å². The van der Waals surface area contributed by atoms with Gasteiger partial charge in [-0.2, -0.15) is 0 Å². The number of methoxy groups -OCH3 is 1. The molecule has 0 unspecified atom stereocenters. The number of aryl methyl sites for hydroxylation is 1. The highest BCUT2D eigenvalue weighted by Crippen LogP contribution is 2.19. The molecule has 0 aliphatic heterocycles. The lowest BCUT2D eigenvalue weighted by atomic mass is 10.1. The molecule has 1 amide bonds. The Morgan fingerprint density at radius 2 is 2.11 bits per heavy atom. The maximum atomic E-state index is 11.7. The zero-order valence-electron chi connectivity index (χ0n) is 12.2. The van der Waals surface area contributed by atoms with E-state index < -0.39 is 0 Å². The first kappa shape index (κ1) is 15.5. The molecule has 0 saturated heterocycles. The molecule has 4 heteroatoms. The van der Waals surface area contributed by atoms with Crippen LogP contribution in [0.15, 0.2) is 18.2 Å². The molecule has 0 aliphatic carbocycles. The van der Waals surface area contributed by atoms with Crippen LogP contribution in [0.3, 0.4) is 0 Å². The first-order valence-electron chi connectivity index (χ1n) is 6.72. The highest BCUT2D eigenvalue weighted by atomic mass is 16.5. The minimum absolute atomic E-state index is 0.00217. The third-order valence-electron chi connectivity index (χ3n) is 2.90. The highest BCUT2D eigenvalue weighted by Gasteiger charge is 2.07. The lowest BCUT2D eigenvalue weighted by molar-refractivity contribution is -0.120. The van der Waals surface area contributed by atoms with Crippen molar-refractivity contribution in [3.63, 3.8) is 0 Å². The first-order valence-corrected chi connectivity index (χ1v) is 6.72. The van der Waals surface area contributed by atoms with Crippen molar-refractivity contribution in [2.75, 3.05) is 13.7 Å². The third kappa shape index (κ3) is 5.30. The maximum Gasteiger partial charge on any atom is 0.234 e. The van der Waals surface area contributed by atoms with Crippen molar-refractivity contribution in [2.45, 2.75) is 39.8 Å². The van der Waals surface area contributed by atoms with E-state index >= 15 is 0 Å². The van der Waals surface area contributed by atoms with Gasteiger partial charge in [0.15, 0.2) is 0 Å². The van der Waals surface area contributed by atoms with Crippen LogP contribution in [0.1, 0.15) is 31.9 Å². The number of carbonyl (C=O) groups excluding carboxylic acids is 1. The number of ether oxygens (including phenoxy) is 1. The number of hydrogen-bond donors (Lipinski definition) is 2. The van der Waals surface area contributed by atoms with Gasteiger partial charge in [-0.1, -0.05) is 32.9 Å². The average Bonchev–Trinajstić information content (AvgIpc) is 2.42. The molecule has 0 fully saturated rings. The summed E-state index contributed by atoms with van der Waals surface area (Å²) in [6, 6.07) is 6.38. The minimum Gasteiger partial charge on any atom is -0.496 e. The van der Waals surface area contributed by atoms with Gasteiger partial charge in [0.25, 0.3) is 0 Å². The van der Waals surface area contributed by atoms with E-state index in [0.29, 0.717) is 19.1 Å². The smallest absolute Gasteiger partial charge is 0.234 e. The molecule has 0 spiro atoms. The lowest BCUT2D eigenvalue weighted by Gasteiger charge is -2.12. The largest absolute Gasteiger partial charge is 0.496 e. The molecule has 1 rings (SSSR count). The van der Waals surface area contributed by atoms with Crippen LogP contribution in [0, 0.1) is 0 Å². The SMILES string of the molecule is CCc1ccc(OC)c(CNC(=O)CNC(C)C)c1. The molecule has 19 heavy (non-hydrogen) atoms. The summed E-state index contributed by atoms with van der Waals surface area (Å²) in [6.45, 7) is 6.97. The van der Waals surface area contributed by atoms with Crippen LogP contribution in [0.5, 0.6) is 5.75 Å². The Labute approximate surface area is 115 Å². The highest BCUT2D eigenvalue weighted by molar-refractivity contribution is 5.78. The number of amides is 1. The summed E-state index contributed by atoms with van der Waals surface area (Å²) in [5.74, 6) is 0.812. The molecule has 0 aromatic heterocycles. The van der Waals surface area contributed by atoms with Crippen molar-refractivity contribution in [2.24, 2.45) is 0 Å². The third-order valence-corrected chi connectivity index (χ3v) is 2.90. The summed E-state index contributed by atoms with van der Waals surface area (Å²) in [4.78, 5) is 11.7. The van der Waals surface area contributed by atoms with Crippen LogP contribution in [-0.2, 0) is 17.8 Å². The van der Waals surface area contributed by atoms with Crippen LogP contribution >= 0.6 is 0 Å². The zero-order valence-corrected chi connectivity index (χ0v) is 12.2. The Kier molecular flexibility index (Phi) is 6.36. The monoisotopic (exact) mass is 264 g/mol. The van der Waals surface area contributed by atoms with Crippen LogP contribution in [0.4, 0.5) is 0 Å². The van der Waals surface area contributed by atoms with Crippen LogP contribution in [0.2, 0.25) is 0 Å². The Morgan fingerprint density at radius 1 is 1.37 bits per heavy atom. The molecule has 106 valence electrons. The van der Waals surface area contributed by atoms with Crippen LogP contribution in [-0.4, -0.2) is 25.6 Å². The van der Waals surface area contributed by atoms with Crippen molar-refractivity contribution in [3.8, 4) is 5.75 Å². The van der Waals surface area contributed by atoms with Crippen molar-refractivity contribution in [1.82, 2.24) is 10.6 Å². The van der Waals surface area contributed by atoms with Gasteiger partial charge in [0.1, 0.15) is 5.75 Å². The number of rotatable bonds is 7. The van der Waals surface area contributed by atoms with Crippen molar-refractivity contribution >= 4 is 5.91 Å². The summed E-state index contributed by atoms with van der Waals surface area (Å²) in [5.41, 5.74) is 2.25. The normalized spacial score (nSPS) is 10.6. The minimum atomic E-state index is -0.00217. The summed E-state index contributed by atoms with van der Waals surface area (Å²) in [5, 5.41) is 5.99. The molecule has 4 nitrogen and oxygen atoms in total. The average molecular weight is 264 g/mol. The lowest BCUT2D eigenvalue weighted by Crippen LogP contribution is -2.36. The predicted octanol–water partition coefficient (Wildman–Crippen LogP) is 1.87. The van der Waals surface area contributed by atoms with Gasteiger partial charge in [-0.25, -0.2) is 0 Å². The number of nitrogens with one attached hydrogen (secondary N) is 2. The number of carbonyl (C=O) groups is 1. The van der Waals surface area contributed by atoms with E-state index in [9.17, 15) is 4.79 Å². The van der Waals surface area contributed by atoms with Crippen molar-refractivity contribution < 1.29 is 9.53 Å². The van der Waals surface area contributed by atoms with Crippen LogP contribution < -0.4 is 15.4 Å². The predicted molar refractivity (Wildman–Crippen MR) is 77.4 cm³/mol. The fourth-order valence-electron chi connectivity index (χ4n) is 1.74. The van der Waals surface area contributed by atoms with E-state index in [1.165, 1.54) is 5.56 Å². The molecule has 2 N–H and O–H groups in total. The second-order valence-electron chi connectivity index (χ2n) is 4.81. The zero-order chi connectivity index (χ0) is 14.3. The molecule has 0 saturated carbocycles. The van der Waals surface area contributed by atoms with Gasteiger partial charge in [-0.05, 0) is 18.1 Å². The van der Waals surface area contributed by atoms with Gasteiger partial charge < -0.3 is 15.4 Å². The van der Waals surface area contributed by atoms with Crippen molar-refractivity contribution in [3.05, 3.63) is 29.3 Å². The molecule has 0 heterocycles. The second-order valence-corrected chi connectivity index (χ2v) is 4.81. The van der Waals surface area contributed by atoms with Gasteiger partial charge in [0.05, 0.1) is 13.7 Å². The quantitative estimate of drug-likeness (QED) is 0.790. The first-order chi connectivity index (χ1) is 9.06. The molecule has 0 atom stereocenters. The summed E-state index contributed by atoms with van der Waals surface area (Å²) >= 11 is 0. The van der Waals surface area contributed by atoms with Gasteiger partial charge in [-0.15, -0.1) is 0 Å². The number of hydrogen-bond acceptors (Lipinski definition) is 3. The molecule has 1 aromatic carbocycles. The topological polar surface area (TPSA) is 50.4 Å². The Morgan fingerprint density at radius 3 is 2.68 bits per heavy atom. The molecule has 1 aromatic rings. The molecular formula is C15H24N2O2. The molecule has 0 aliphatic rings.